The molecule has 4 amide bonds. The molecule has 29 heavy (non-hydrogen) atoms. The lowest BCUT2D eigenvalue weighted by Gasteiger charge is -2.26. The van der Waals surface area contributed by atoms with Crippen LogP contribution in [0.5, 0.6) is 11.5 Å². The fourth-order valence-electron chi connectivity index (χ4n) is 2.67. The summed E-state index contributed by atoms with van der Waals surface area (Å²) in [7, 11) is 1.37. The van der Waals surface area contributed by atoms with Crippen LogP contribution < -0.4 is 19.7 Å². The van der Waals surface area contributed by atoms with Crippen LogP contribution in [0.1, 0.15) is 5.56 Å². The molecule has 1 heterocycles. The number of para-hydroxylation sites is 1. The highest BCUT2D eigenvalue weighted by Gasteiger charge is 2.36. The molecule has 2 aromatic carbocycles. The Morgan fingerprint density at radius 2 is 1.83 bits per heavy atom. The lowest BCUT2D eigenvalue weighted by atomic mass is 10.1. The number of rotatable bonds is 6. The van der Waals surface area contributed by atoms with Crippen LogP contribution in [0.3, 0.4) is 0 Å². The van der Waals surface area contributed by atoms with Crippen LogP contribution in [0, 0.1) is 0 Å². The number of carbonyl (C=O) groups excluding carboxylic acids is 3. The zero-order valence-corrected chi connectivity index (χ0v) is 15.2. The largest absolute Gasteiger partial charge is 0.493 e. The molecule has 1 aliphatic rings. The third kappa shape index (κ3) is 4.24. The fraction of sp³-hybridized carbons (Fsp3) is 0.100. The quantitative estimate of drug-likeness (QED) is 0.564. The molecular weight excluding hydrogens is 380 g/mol. The van der Waals surface area contributed by atoms with Crippen molar-refractivity contribution in [3.63, 3.8) is 0 Å². The Morgan fingerprint density at radius 1 is 1.10 bits per heavy atom. The maximum atomic E-state index is 12.8. The van der Waals surface area contributed by atoms with Gasteiger partial charge in [-0.2, -0.15) is 0 Å². The first-order chi connectivity index (χ1) is 13.9. The number of carbonyl (C=O) groups is 4. The highest BCUT2D eigenvalue weighted by atomic mass is 16.5. The second-order valence-electron chi connectivity index (χ2n) is 5.89. The molecule has 1 aliphatic heterocycles. The van der Waals surface area contributed by atoms with Gasteiger partial charge in [0.2, 0.25) is 0 Å². The maximum Gasteiger partial charge on any atom is 0.341 e. The van der Waals surface area contributed by atoms with Crippen LogP contribution in [0.4, 0.5) is 10.5 Å². The summed E-state index contributed by atoms with van der Waals surface area (Å²) in [5, 5.41) is 10.9. The number of hydrogen-bond acceptors (Lipinski definition) is 6. The summed E-state index contributed by atoms with van der Waals surface area (Å²) in [6, 6.07) is 11.8. The second kappa shape index (κ2) is 8.26. The Balaban J connectivity index is 1.93. The van der Waals surface area contributed by atoms with E-state index >= 15 is 0 Å². The molecule has 0 bridgehead atoms. The number of carboxylic acid groups (broad SMARTS) is 1. The molecule has 0 radical (unpaired) electrons. The second-order valence-corrected chi connectivity index (χ2v) is 5.89. The topological polar surface area (TPSA) is 122 Å². The van der Waals surface area contributed by atoms with Crippen LogP contribution in [-0.4, -0.2) is 42.6 Å². The number of nitrogens with zero attached hydrogens (tertiary/aromatic N) is 1. The van der Waals surface area contributed by atoms with Crippen LogP contribution in [0.2, 0.25) is 0 Å². The molecule has 9 heteroatoms. The Kier molecular flexibility index (Phi) is 5.59. The first kappa shape index (κ1) is 19.6. The number of imide groups is 2. The minimum absolute atomic E-state index is 0.192. The Morgan fingerprint density at radius 3 is 2.48 bits per heavy atom. The smallest absolute Gasteiger partial charge is 0.341 e. The molecule has 0 unspecified atom stereocenters. The third-order valence-electron chi connectivity index (χ3n) is 3.97. The molecule has 1 fully saturated rings. The van der Waals surface area contributed by atoms with Gasteiger partial charge in [0.25, 0.3) is 11.8 Å². The van der Waals surface area contributed by atoms with E-state index in [0.717, 1.165) is 4.90 Å². The van der Waals surface area contributed by atoms with Gasteiger partial charge in [-0.05, 0) is 35.9 Å². The zero-order chi connectivity index (χ0) is 21.0. The van der Waals surface area contributed by atoms with Crippen molar-refractivity contribution >= 4 is 35.6 Å². The van der Waals surface area contributed by atoms with Gasteiger partial charge < -0.3 is 14.6 Å². The molecule has 0 aliphatic carbocycles. The number of benzene rings is 2. The molecule has 3 rings (SSSR count). The molecule has 1 saturated heterocycles. The van der Waals surface area contributed by atoms with Gasteiger partial charge in [0.05, 0.1) is 12.8 Å². The lowest BCUT2D eigenvalue weighted by Crippen LogP contribution is -2.54. The standard InChI is InChI=1S/C20H16N2O7/c1-28-16-10-12(7-8-15(16)29-11-17(23)24)9-14-18(25)21-20(27)22(19(14)26)13-5-3-2-4-6-13/h2-10H,11H2,1H3,(H,23,24)(H,21,25,27)/b14-9+. The van der Waals surface area contributed by atoms with Crippen molar-refractivity contribution in [1.82, 2.24) is 5.32 Å². The summed E-state index contributed by atoms with van der Waals surface area (Å²) in [6.07, 6.45) is 1.31. The van der Waals surface area contributed by atoms with Crippen molar-refractivity contribution < 1.29 is 33.8 Å². The highest BCUT2D eigenvalue weighted by Crippen LogP contribution is 2.29. The number of urea groups is 1. The number of amides is 4. The van der Waals surface area contributed by atoms with E-state index in [2.05, 4.69) is 5.32 Å². The SMILES string of the molecule is COc1cc(/C=C2\C(=O)NC(=O)N(c3ccccc3)C2=O)ccc1OCC(=O)O. The summed E-state index contributed by atoms with van der Waals surface area (Å²) in [5.74, 6) is -2.32. The van der Waals surface area contributed by atoms with Crippen LogP contribution >= 0.6 is 0 Å². The zero-order valence-electron chi connectivity index (χ0n) is 15.2. The Hall–Kier alpha value is -4.14. The van der Waals surface area contributed by atoms with E-state index in [4.69, 9.17) is 14.6 Å². The summed E-state index contributed by atoms with van der Waals surface area (Å²) >= 11 is 0. The molecular formula is C20H16N2O7. The Bertz CT molecular complexity index is 1010. The average molecular weight is 396 g/mol. The van der Waals surface area contributed by atoms with E-state index in [0.29, 0.717) is 11.3 Å². The number of ether oxygens (including phenoxy) is 2. The van der Waals surface area contributed by atoms with Crippen molar-refractivity contribution in [2.24, 2.45) is 0 Å². The van der Waals surface area contributed by atoms with Crippen LogP contribution in [0.15, 0.2) is 54.1 Å². The van der Waals surface area contributed by atoms with Crippen molar-refractivity contribution in [2.45, 2.75) is 0 Å². The number of carboxylic acids is 1. The summed E-state index contributed by atoms with van der Waals surface area (Å²) in [6.45, 7) is -0.550. The van der Waals surface area contributed by atoms with Crippen molar-refractivity contribution in [3.05, 3.63) is 59.7 Å². The Labute approximate surface area is 165 Å². The number of aliphatic carboxylic acids is 1. The maximum absolute atomic E-state index is 12.8. The molecule has 148 valence electrons. The molecule has 0 aromatic heterocycles. The monoisotopic (exact) mass is 396 g/mol. The fourth-order valence-corrected chi connectivity index (χ4v) is 2.67. The number of barbiturate groups is 1. The van der Waals surface area contributed by atoms with Gasteiger partial charge in [-0.3, -0.25) is 14.9 Å². The molecule has 0 atom stereocenters. The summed E-state index contributed by atoms with van der Waals surface area (Å²) in [4.78, 5) is 48.7. The minimum atomic E-state index is -1.15. The molecule has 9 nitrogen and oxygen atoms in total. The van der Waals surface area contributed by atoms with E-state index in [-0.39, 0.29) is 17.1 Å². The third-order valence-corrected chi connectivity index (χ3v) is 3.97. The molecule has 0 spiro atoms. The summed E-state index contributed by atoms with van der Waals surface area (Å²) < 4.78 is 10.3. The van der Waals surface area contributed by atoms with Gasteiger partial charge in [0.15, 0.2) is 18.1 Å². The normalized spacial score (nSPS) is 15.3. The van der Waals surface area contributed by atoms with Gasteiger partial charge in [-0.25, -0.2) is 14.5 Å². The van der Waals surface area contributed by atoms with Crippen molar-refractivity contribution in [1.29, 1.82) is 0 Å². The first-order valence-corrected chi connectivity index (χ1v) is 8.40. The van der Waals surface area contributed by atoms with Gasteiger partial charge in [-0.15, -0.1) is 0 Å². The molecule has 2 N–H and O–H groups in total. The van der Waals surface area contributed by atoms with E-state index in [9.17, 15) is 19.2 Å². The van der Waals surface area contributed by atoms with E-state index in [1.54, 1.807) is 30.3 Å². The predicted molar refractivity (Wildman–Crippen MR) is 102 cm³/mol. The highest BCUT2D eigenvalue weighted by molar-refractivity contribution is 6.39. The number of anilines is 1. The molecule has 2 aromatic rings. The van der Waals surface area contributed by atoms with E-state index in [1.807, 2.05) is 0 Å². The number of nitrogens with one attached hydrogen (secondary N) is 1. The van der Waals surface area contributed by atoms with Crippen molar-refractivity contribution in [2.75, 3.05) is 18.6 Å². The minimum Gasteiger partial charge on any atom is -0.493 e. The van der Waals surface area contributed by atoms with Crippen molar-refractivity contribution in [3.8, 4) is 11.5 Å². The van der Waals surface area contributed by atoms with Crippen LogP contribution in [0.25, 0.3) is 6.08 Å². The van der Waals surface area contributed by atoms with E-state index in [1.165, 1.54) is 31.4 Å². The van der Waals surface area contributed by atoms with Gasteiger partial charge in [-0.1, -0.05) is 24.3 Å². The predicted octanol–water partition coefficient (Wildman–Crippen LogP) is 1.83. The molecule has 0 saturated carbocycles. The number of methoxy groups -OCH3 is 1. The van der Waals surface area contributed by atoms with E-state index < -0.39 is 30.4 Å². The summed E-state index contributed by atoms with van der Waals surface area (Å²) in [5.41, 5.74) is 0.503. The van der Waals surface area contributed by atoms with Gasteiger partial charge >= 0.3 is 12.0 Å². The number of hydrogen-bond donors (Lipinski definition) is 2. The average Bonchev–Trinajstić information content (AvgIpc) is 2.70. The van der Waals surface area contributed by atoms with Gasteiger partial charge in [0, 0.05) is 0 Å². The lowest BCUT2D eigenvalue weighted by molar-refractivity contribution is -0.139. The first-order valence-electron chi connectivity index (χ1n) is 8.40. The van der Waals surface area contributed by atoms with Crippen LogP contribution in [-0.2, 0) is 14.4 Å². The van der Waals surface area contributed by atoms with Gasteiger partial charge in [0.1, 0.15) is 5.57 Å².